The van der Waals surface area contributed by atoms with Gasteiger partial charge in [0.25, 0.3) is 0 Å². The first kappa shape index (κ1) is 25.3. The van der Waals surface area contributed by atoms with Crippen LogP contribution < -0.4 is 5.32 Å². The summed E-state index contributed by atoms with van der Waals surface area (Å²) in [5.74, 6) is -0.692. The molecule has 1 aromatic rings. The van der Waals surface area contributed by atoms with E-state index < -0.39 is 18.1 Å². The third kappa shape index (κ3) is 9.67. The summed E-state index contributed by atoms with van der Waals surface area (Å²) in [6.45, 7) is 6.46. The predicted molar refractivity (Wildman–Crippen MR) is 112 cm³/mol. The molecule has 0 aliphatic heterocycles. The highest BCUT2D eigenvalue weighted by Gasteiger charge is 2.29. The van der Waals surface area contributed by atoms with E-state index in [-0.39, 0.29) is 6.61 Å². The molecule has 0 heterocycles. The first-order chi connectivity index (χ1) is 14.5. The lowest BCUT2D eigenvalue weighted by Gasteiger charge is -2.22. The third-order valence-corrected chi connectivity index (χ3v) is 4.51. The molecular formula is C22H32N2O6. The Hall–Kier alpha value is -2.71. The van der Waals surface area contributed by atoms with Crippen LogP contribution in [-0.4, -0.2) is 54.3 Å². The molecule has 1 aromatic carbocycles. The van der Waals surface area contributed by atoms with E-state index in [1.807, 2.05) is 30.3 Å². The minimum atomic E-state index is -1.20. The van der Waals surface area contributed by atoms with Gasteiger partial charge < -0.3 is 15.2 Å². The maximum absolute atomic E-state index is 11.8. The zero-order valence-corrected chi connectivity index (χ0v) is 17.5. The fourth-order valence-corrected chi connectivity index (χ4v) is 2.83. The number of esters is 1. The predicted octanol–water partition coefficient (Wildman–Crippen LogP) is 2.12. The fraction of sp³-hybridized carbons (Fsp3) is 0.500. The molecule has 0 spiro atoms. The Kier molecular flexibility index (Phi) is 12.8. The van der Waals surface area contributed by atoms with Gasteiger partial charge in [0, 0.05) is 6.54 Å². The van der Waals surface area contributed by atoms with Gasteiger partial charge in [0.1, 0.15) is 12.7 Å². The third-order valence-electron chi connectivity index (χ3n) is 4.51. The van der Waals surface area contributed by atoms with Crippen molar-refractivity contribution in [1.82, 2.24) is 10.4 Å². The highest BCUT2D eigenvalue weighted by molar-refractivity contribution is 5.79. The highest BCUT2D eigenvalue weighted by Crippen LogP contribution is 2.15. The van der Waals surface area contributed by atoms with Crippen molar-refractivity contribution in [2.75, 3.05) is 13.2 Å². The van der Waals surface area contributed by atoms with Gasteiger partial charge in [0.05, 0.1) is 6.61 Å². The Morgan fingerprint density at radius 1 is 1.20 bits per heavy atom. The molecule has 0 saturated heterocycles. The van der Waals surface area contributed by atoms with Crippen LogP contribution in [0.1, 0.15) is 44.6 Å². The first-order valence-corrected chi connectivity index (χ1v) is 10.1. The van der Waals surface area contributed by atoms with Crippen molar-refractivity contribution >= 4 is 18.8 Å². The van der Waals surface area contributed by atoms with Gasteiger partial charge in [-0.25, -0.2) is 9.86 Å². The van der Waals surface area contributed by atoms with E-state index >= 15 is 0 Å². The molecule has 166 valence electrons. The number of nitrogens with zero attached hydrogens (tertiary/aromatic N) is 1. The van der Waals surface area contributed by atoms with E-state index in [1.54, 1.807) is 6.92 Å². The molecule has 0 aliphatic carbocycles. The van der Waals surface area contributed by atoms with Crippen LogP contribution in [0.5, 0.6) is 0 Å². The summed E-state index contributed by atoms with van der Waals surface area (Å²) in [6.07, 6.45) is 3.62. The summed E-state index contributed by atoms with van der Waals surface area (Å²) < 4.78 is 4.86. The average molecular weight is 421 g/mol. The molecule has 0 aromatic heterocycles. The van der Waals surface area contributed by atoms with E-state index in [0.29, 0.717) is 38.0 Å². The summed E-state index contributed by atoms with van der Waals surface area (Å²) in [6, 6.07) is 8.46. The molecule has 0 aliphatic rings. The molecule has 1 rings (SSSR count). The average Bonchev–Trinajstić information content (AvgIpc) is 2.76. The molecule has 0 saturated carbocycles. The van der Waals surface area contributed by atoms with Gasteiger partial charge in [-0.15, -0.1) is 0 Å². The second-order valence-electron chi connectivity index (χ2n) is 6.79. The summed E-state index contributed by atoms with van der Waals surface area (Å²) in [5, 5.41) is 13.9. The van der Waals surface area contributed by atoms with Gasteiger partial charge in [0.15, 0.2) is 6.04 Å². The lowest BCUT2D eigenvalue weighted by atomic mass is 9.98. The largest absolute Gasteiger partial charge is 0.464 e. The summed E-state index contributed by atoms with van der Waals surface area (Å²) in [5.41, 5.74) is 1.45. The minimum Gasteiger partial charge on any atom is -0.464 e. The number of amides is 2. The topological polar surface area (TPSA) is 105 Å². The summed E-state index contributed by atoms with van der Waals surface area (Å²) in [7, 11) is 0. The SMILES string of the molecule is C=C(CCCCCCN(C=O)OCc1ccccc1)C(O)C(NC=O)C(=O)OCC. The maximum Gasteiger partial charge on any atom is 0.331 e. The molecule has 8 heteroatoms. The number of hydrogen-bond donors (Lipinski definition) is 2. The van der Waals surface area contributed by atoms with E-state index in [1.165, 1.54) is 5.06 Å². The fourth-order valence-electron chi connectivity index (χ4n) is 2.83. The Labute approximate surface area is 177 Å². The second kappa shape index (κ2) is 15.2. The summed E-state index contributed by atoms with van der Waals surface area (Å²) in [4.78, 5) is 39.1. The number of ether oxygens (including phenoxy) is 1. The van der Waals surface area contributed by atoms with Gasteiger partial charge in [-0.2, -0.15) is 0 Å². The van der Waals surface area contributed by atoms with E-state index in [2.05, 4.69) is 11.9 Å². The zero-order chi connectivity index (χ0) is 22.2. The molecule has 8 nitrogen and oxygen atoms in total. The van der Waals surface area contributed by atoms with Crippen molar-refractivity contribution in [3.05, 3.63) is 48.0 Å². The van der Waals surface area contributed by atoms with Crippen molar-refractivity contribution in [3.63, 3.8) is 0 Å². The van der Waals surface area contributed by atoms with Gasteiger partial charge in [-0.05, 0) is 37.3 Å². The van der Waals surface area contributed by atoms with Crippen LogP contribution in [0.4, 0.5) is 0 Å². The van der Waals surface area contributed by atoms with Crippen molar-refractivity contribution in [3.8, 4) is 0 Å². The lowest BCUT2D eigenvalue weighted by Crippen LogP contribution is -2.47. The maximum atomic E-state index is 11.8. The number of carbonyl (C=O) groups excluding carboxylic acids is 3. The van der Waals surface area contributed by atoms with E-state index in [0.717, 1.165) is 31.2 Å². The molecule has 0 fully saturated rings. The quantitative estimate of drug-likeness (QED) is 0.132. The van der Waals surface area contributed by atoms with Crippen molar-refractivity contribution < 1.29 is 29.1 Å². The van der Waals surface area contributed by atoms with E-state index in [4.69, 9.17) is 9.57 Å². The Balaban J connectivity index is 2.24. The normalized spacial score (nSPS) is 12.5. The number of hydrogen-bond acceptors (Lipinski definition) is 6. The standard InChI is InChI=1S/C22H32N2O6/c1-3-29-22(28)20(23-16-25)21(27)18(2)11-7-4-5-10-14-24(17-26)30-15-19-12-8-6-9-13-19/h6,8-9,12-13,16-17,20-21,27H,2-5,7,10-11,14-15H2,1H3,(H,23,25). The van der Waals surface area contributed by atoms with Crippen molar-refractivity contribution in [1.29, 1.82) is 0 Å². The Morgan fingerprint density at radius 2 is 1.90 bits per heavy atom. The minimum absolute atomic E-state index is 0.155. The van der Waals surface area contributed by atoms with Crippen LogP contribution in [0.2, 0.25) is 0 Å². The monoisotopic (exact) mass is 420 g/mol. The van der Waals surface area contributed by atoms with Crippen LogP contribution in [-0.2, 0) is 30.6 Å². The Bertz CT molecular complexity index is 652. The number of rotatable bonds is 17. The van der Waals surface area contributed by atoms with Gasteiger partial charge >= 0.3 is 5.97 Å². The Morgan fingerprint density at radius 3 is 2.53 bits per heavy atom. The van der Waals surface area contributed by atoms with Crippen molar-refractivity contribution in [2.24, 2.45) is 0 Å². The summed E-state index contributed by atoms with van der Waals surface area (Å²) >= 11 is 0. The first-order valence-electron chi connectivity index (χ1n) is 10.1. The number of benzene rings is 1. The highest BCUT2D eigenvalue weighted by atomic mass is 16.7. The van der Waals surface area contributed by atoms with Crippen LogP contribution in [0.25, 0.3) is 0 Å². The lowest BCUT2D eigenvalue weighted by molar-refractivity contribution is -0.177. The number of hydroxylamine groups is 2. The molecular weight excluding hydrogens is 388 g/mol. The number of carbonyl (C=O) groups is 3. The van der Waals surface area contributed by atoms with Crippen molar-refractivity contribution in [2.45, 2.75) is 57.8 Å². The molecule has 2 atom stereocenters. The molecule has 2 N–H and O–H groups in total. The van der Waals surface area contributed by atoms with Gasteiger partial charge in [0.2, 0.25) is 12.8 Å². The smallest absolute Gasteiger partial charge is 0.331 e. The molecule has 2 unspecified atom stereocenters. The molecule has 30 heavy (non-hydrogen) atoms. The van der Waals surface area contributed by atoms with Crippen LogP contribution in [0.3, 0.4) is 0 Å². The van der Waals surface area contributed by atoms with E-state index in [9.17, 15) is 19.5 Å². The number of aliphatic hydroxyl groups is 1. The molecule has 0 radical (unpaired) electrons. The zero-order valence-electron chi connectivity index (χ0n) is 17.5. The van der Waals surface area contributed by atoms with Crippen LogP contribution in [0, 0.1) is 0 Å². The molecule has 0 bridgehead atoms. The number of aliphatic hydroxyl groups excluding tert-OH is 1. The number of unbranched alkanes of at least 4 members (excludes halogenated alkanes) is 3. The van der Waals surface area contributed by atoms with Crippen LogP contribution >= 0.6 is 0 Å². The number of nitrogens with one attached hydrogen (secondary N) is 1. The second-order valence-corrected chi connectivity index (χ2v) is 6.79. The van der Waals surface area contributed by atoms with Crippen LogP contribution in [0.15, 0.2) is 42.5 Å². The molecule has 2 amide bonds. The van der Waals surface area contributed by atoms with Gasteiger partial charge in [-0.1, -0.05) is 49.8 Å². The van der Waals surface area contributed by atoms with Gasteiger partial charge in [-0.3, -0.25) is 14.4 Å².